The van der Waals surface area contributed by atoms with Crippen LogP contribution in [0.15, 0.2) is 0 Å². The van der Waals surface area contributed by atoms with Crippen molar-refractivity contribution < 1.29 is 13.2 Å². The maximum Gasteiger partial charge on any atom is 0.386 e. The van der Waals surface area contributed by atoms with Crippen LogP contribution in [0.25, 0.3) is 0 Å². The van der Waals surface area contributed by atoms with Gasteiger partial charge in [-0.15, -0.1) is 0 Å². The van der Waals surface area contributed by atoms with Crippen molar-refractivity contribution in [2.75, 3.05) is 0 Å². The largest absolute Gasteiger partial charge is 0.386 e. The summed E-state index contributed by atoms with van der Waals surface area (Å²) in [6, 6.07) is 0. The average Bonchev–Trinajstić information content (AvgIpc) is 1.85. The normalized spacial score (nSPS) is 19.8. The highest BCUT2D eigenvalue weighted by atomic mass is 19.4. The van der Waals surface area contributed by atoms with E-state index in [0.717, 1.165) is 5.92 Å². The molecule has 1 saturated carbocycles. The van der Waals surface area contributed by atoms with Crippen LogP contribution in [-0.4, -0.2) is 6.18 Å². The molecule has 0 heterocycles. The third kappa shape index (κ3) is 12.5. The Labute approximate surface area is 72.2 Å². The Morgan fingerprint density at radius 1 is 1.00 bits per heavy atom. The van der Waals surface area contributed by atoms with E-state index in [1.807, 2.05) is 0 Å². The topological polar surface area (TPSA) is 0 Å². The van der Waals surface area contributed by atoms with Crippen molar-refractivity contribution in [3.8, 4) is 0 Å². The van der Waals surface area contributed by atoms with Crippen LogP contribution < -0.4 is 0 Å². The Morgan fingerprint density at radius 2 is 1.33 bits per heavy atom. The molecule has 0 aromatic carbocycles. The molecule has 1 aliphatic rings. The van der Waals surface area contributed by atoms with Gasteiger partial charge in [-0.25, -0.2) is 0 Å². The number of halogens is 3. The van der Waals surface area contributed by atoms with Crippen LogP contribution in [0.3, 0.4) is 0 Å². The first kappa shape index (κ1) is 11.8. The van der Waals surface area contributed by atoms with Crippen LogP contribution in [0.1, 0.15) is 46.0 Å². The third-order valence-corrected chi connectivity index (χ3v) is 1.89. The molecule has 3 heteroatoms. The van der Waals surface area contributed by atoms with Gasteiger partial charge in [-0.05, 0) is 5.92 Å². The number of rotatable bonds is 0. The lowest BCUT2D eigenvalue weighted by atomic mass is 9.91. The molecule has 0 saturated heterocycles. The highest BCUT2D eigenvalue weighted by Gasteiger charge is 2.15. The molecule has 0 aromatic heterocycles. The van der Waals surface area contributed by atoms with E-state index in [9.17, 15) is 13.2 Å². The molecule has 0 spiro atoms. The highest BCUT2D eigenvalue weighted by molar-refractivity contribution is 4.59. The molecule has 1 aliphatic carbocycles. The van der Waals surface area contributed by atoms with Gasteiger partial charge in [0, 0.05) is 6.92 Å². The van der Waals surface area contributed by atoms with Crippen molar-refractivity contribution in [2.45, 2.75) is 52.1 Å². The standard InChI is InChI=1S/C7H14.C2H3F3/c1-7-5-3-2-4-6-7;1-2(3,4)5/h7H,2-6H2,1H3;1H3. The summed E-state index contributed by atoms with van der Waals surface area (Å²) in [4.78, 5) is 0. The predicted molar refractivity (Wildman–Crippen MR) is 44.0 cm³/mol. The molecular weight excluding hydrogens is 165 g/mol. The van der Waals surface area contributed by atoms with Gasteiger partial charge in [0.25, 0.3) is 0 Å². The summed E-state index contributed by atoms with van der Waals surface area (Å²) in [5.41, 5.74) is 0. The zero-order valence-corrected chi connectivity index (χ0v) is 7.75. The fourth-order valence-electron chi connectivity index (χ4n) is 1.31. The lowest BCUT2D eigenvalue weighted by Crippen LogP contribution is -1.99. The van der Waals surface area contributed by atoms with E-state index in [1.165, 1.54) is 32.1 Å². The van der Waals surface area contributed by atoms with E-state index in [0.29, 0.717) is 0 Å². The predicted octanol–water partition coefficient (Wildman–Crippen LogP) is 4.16. The second kappa shape index (κ2) is 5.44. The van der Waals surface area contributed by atoms with Crippen molar-refractivity contribution in [3.63, 3.8) is 0 Å². The van der Waals surface area contributed by atoms with Gasteiger partial charge in [0.15, 0.2) is 0 Å². The summed E-state index contributed by atoms with van der Waals surface area (Å²) < 4.78 is 31.1. The van der Waals surface area contributed by atoms with Gasteiger partial charge in [0.1, 0.15) is 0 Å². The van der Waals surface area contributed by atoms with Gasteiger partial charge < -0.3 is 0 Å². The highest BCUT2D eigenvalue weighted by Crippen LogP contribution is 2.22. The van der Waals surface area contributed by atoms with Crippen molar-refractivity contribution in [1.82, 2.24) is 0 Å². The maximum absolute atomic E-state index is 10.4. The molecule has 0 N–H and O–H groups in total. The van der Waals surface area contributed by atoms with Crippen LogP contribution in [0.2, 0.25) is 0 Å². The minimum Gasteiger partial charge on any atom is -0.172 e. The summed E-state index contributed by atoms with van der Waals surface area (Å²) in [6.07, 6.45) is 3.44. The lowest BCUT2D eigenvalue weighted by Gasteiger charge is -2.15. The first-order valence-corrected chi connectivity index (χ1v) is 4.46. The summed E-state index contributed by atoms with van der Waals surface area (Å²) in [6.45, 7) is 2.55. The molecule has 0 aliphatic heterocycles. The second-order valence-corrected chi connectivity index (χ2v) is 3.52. The maximum atomic E-state index is 10.4. The number of hydrogen-bond donors (Lipinski definition) is 0. The van der Waals surface area contributed by atoms with E-state index in [4.69, 9.17) is 0 Å². The van der Waals surface area contributed by atoms with E-state index < -0.39 is 6.18 Å². The van der Waals surface area contributed by atoms with Crippen LogP contribution in [0.4, 0.5) is 13.2 Å². The van der Waals surface area contributed by atoms with Crippen molar-refractivity contribution in [1.29, 1.82) is 0 Å². The van der Waals surface area contributed by atoms with Gasteiger partial charge in [-0.1, -0.05) is 39.0 Å². The Bertz CT molecular complexity index is 94.8. The van der Waals surface area contributed by atoms with Crippen LogP contribution >= 0.6 is 0 Å². The van der Waals surface area contributed by atoms with Crippen molar-refractivity contribution >= 4 is 0 Å². The molecule has 0 atom stereocenters. The van der Waals surface area contributed by atoms with Gasteiger partial charge in [-0.3, -0.25) is 0 Å². The third-order valence-electron chi connectivity index (χ3n) is 1.89. The molecule has 0 unspecified atom stereocenters. The SMILES string of the molecule is CC(F)(F)F.CC1CCCCC1. The van der Waals surface area contributed by atoms with Crippen LogP contribution in [0.5, 0.6) is 0 Å². The summed E-state index contributed by atoms with van der Waals surface area (Å²) in [5.74, 6) is 1.04. The zero-order valence-electron chi connectivity index (χ0n) is 7.75. The van der Waals surface area contributed by atoms with Gasteiger partial charge in [0.05, 0.1) is 0 Å². The van der Waals surface area contributed by atoms with Crippen LogP contribution in [0, 0.1) is 5.92 Å². The Morgan fingerprint density at radius 3 is 1.50 bits per heavy atom. The fraction of sp³-hybridized carbons (Fsp3) is 1.00. The van der Waals surface area contributed by atoms with E-state index in [-0.39, 0.29) is 6.92 Å². The Kier molecular flexibility index (Phi) is 5.34. The lowest BCUT2D eigenvalue weighted by molar-refractivity contribution is -0.110. The van der Waals surface area contributed by atoms with E-state index >= 15 is 0 Å². The summed E-state index contributed by atoms with van der Waals surface area (Å²) in [7, 11) is 0. The van der Waals surface area contributed by atoms with Gasteiger partial charge in [-0.2, -0.15) is 13.2 Å². The molecule has 1 fully saturated rings. The van der Waals surface area contributed by atoms with Crippen molar-refractivity contribution in [2.24, 2.45) is 5.92 Å². The Balaban J connectivity index is 0.000000217. The molecule has 74 valence electrons. The molecule has 0 bridgehead atoms. The van der Waals surface area contributed by atoms with Gasteiger partial charge >= 0.3 is 6.18 Å². The monoisotopic (exact) mass is 182 g/mol. The molecular formula is C9H17F3. The number of hydrogen-bond acceptors (Lipinski definition) is 0. The Hall–Kier alpha value is -0.210. The molecule has 0 radical (unpaired) electrons. The summed E-state index contributed by atoms with van der Waals surface area (Å²) in [5, 5.41) is 0. The minimum absolute atomic E-state index is 0.188. The van der Waals surface area contributed by atoms with E-state index in [2.05, 4.69) is 6.92 Å². The van der Waals surface area contributed by atoms with Crippen LogP contribution in [-0.2, 0) is 0 Å². The molecule has 0 amide bonds. The minimum atomic E-state index is -4.00. The average molecular weight is 182 g/mol. The first-order valence-electron chi connectivity index (χ1n) is 4.46. The second-order valence-electron chi connectivity index (χ2n) is 3.52. The molecule has 1 rings (SSSR count). The molecule has 12 heavy (non-hydrogen) atoms. The first-order chi connectivity index (χ1) is 5.39. The summed E-state index contributed by atoms with van der Waals surface area (Å²) >= 11 is 0. The zero-order chi connectivity index (χ0) is 9.61. The molecule has 0 nitrogen and oxygen atoms in total. The quantitative estimate of drug-likeness (QED) is 0.527. The number of alkyl halides is 3. The molecule has 0 aromatic rings. The van der Waals surface area contributed by atoms with Gasteiger partial charge in [0.2, 0.25) is 0 Å². The smallest absolute Gasteiger partial charge is 0.172 e. The van der Waals surface area contributed by atoms with Crippen molar-refractivity contribution in [3.05, 3.63) is 0 Å². The van der Waals surface area contributed by atoms with E-state index in [1.54, 1.807) is 0 Å². The fourth-order valence-corrected chi connectivity index (χ4v) is 1.31.